The molecule has 1 fully saturated rings. The Morgan fingerprint density at radius 1 is 1.47 bits per heavy atom. The van der Waals surface area contributed by atoms with Crippen LogP contribution in [0.1, 0.15) is 31.2 Å². The quantitative estimate of drug-likeness (QED) is 0.854. The normalized spacial score (nSPS) is 21.6. The zero-order valence-electron chi connectivity index (χ0n) is 10.1. The second-order valence-electron chi connectivity index (χ2n) is 4.81. The fourth-order valence-corrected chi connectivity index (χ4v) is 2.34. The van der Waals surface area contributed by atoms with Gasteiger partial charge >= 0.3 is 0 Å². The third-order valence-corrected chi connectivity index (χ3v) is 3.27. The van der Waals surface area contributed by atoms with Gasteiger partial charge in [0.15, 0.2) is 0 Å². The molecule has 1 heterocycles. The average Bonchev–Trinajstić information content (AvgIpc) is 2.79. The molecule has 94 valence electrons. The number of nitrogens with two attached hydrogens (primary N) is 1. The molecule has 1 aliphatic rings. The number of hydrogen-bond donors (Lipinski definition) is 1. The van der Waals surface area contributed by atoms with E-state index in [-0.39, 0.29) is 11.9 Å². The van der Waals surface area contributed by atoms with Gasteiger partial charge in [-0.15, -0.1) is 0 Å². The molecule has 0 spiro atoms. The van der Waals surface area contributed by atoms with Gasteiger partial charge in [0.1, 0.15) is 5.82 Å². The molecule has 3 heteroatoms. The molecule has 0 radical (unpaired) electrons. The van der Waals surface area contributed by atoms with Crippen LogP contribution in [0.4, 0.5) is 4.39 Å². The van der Waals surface area contributed by atoms with Crippen LogP contribution < -0.4 is 5.73 Å². The lowest BCUT2D eigenvalue weighted by atomic mass is 10.00. The molecule has 0 aliphatic carbocycles. The van der Waals surface area contributed by atoms with Crippen LogP contribution in [0.15, 0.2) is 24.3 Å². The van der Waals surface area contributed by atoms with E-state index in [0.29, 0.717) is 6.10 Å². The lowest BCUT2D eigenvalue weighted by molar-refractivity contribution is 0.101. The number of benzene rings is 1. The standard InChI is InChI=1S/C14H20FNO/c15-12-4-1-3-11(9-12)10-13(16)6-7-14-5-2-8-17-14/h1,3-4,9,13-14H,2,5-8,10,16H2. The Kier molecular flexibility index (Phi) is 4.51. The lowest BCUT2D eigenvalue weighted by Gasteiger charge is -2.14. The number of halogens is 1. The van der Waals surface area contributed by atoms with Gasteiger partial charge in [-0.05, 0) is 49.8 Å². The summed E-state index contributed by atoms with van der Waals surface area (Å²) in [5.41, 5.74) is 7.03. The van der Waals surface area contributed by atoms with Crippen molar-refractivity contribution in [1.29, 1.82) is 0 Å². The predicted molar refractivity (Wildman–Crippen MR) is 66.3 cm³/mol. The molecule has 0 bridgehead atoms. The van der Waals surface area contributed by atoms with Crippen molar-refractivity contribution in [3.05, 3.63) is 35.6 Å². The average molecular weight is 237 g/mol. The zero-order valence-corrected chi connectivity index (χ0v) is 10.1. The Hall–Kier alpha value is -0.930. The number of ether oxygens (including phenoxy) is 1. The Labute approximate surface area is 102 Å². The molecule has 2 rings (SSSR count). The van der Waals surface area contributed by atoms with E-state index in [4.69, 9.17) is 10.5 Å². The SMILES string of the molecule is NC(CCC1CCCO1)Cc1cccc(F)c1. The summed E-state index contributed by atoms with van der Waals surface area (Å²) in [6, 6.07) is 6.78. The Morgan fingerprint density at radius 2 is 2.35 bits per heavy atom. The van der Waals surface area contributed by atoms with E-state index in [9.17, 15) is 4.39 Å². The largest absolute Gasteiger partial charge is 0.378 e. The Balaban J connectivity index is 1.74. The molecule has 1 aliphatic heterocycles. The smallest absolute Gasteiger partial charge is 0.123 e. The first-order chi connectivity index (χ1) is 8.24. The molecule has 1 aromatic carbocycles. The van der Waals surface area contributed by atoms with E-state index >= 15 is 0 Å². The van der Waals surface area contributed by atoms with Crippen LogP contribution in [-0.4, -0.2) is 18.8 Å². The van der Waals surface area contributed by atoms with Gasteiger partial charge in [-0.25, -0.2) is 4.39 Å². The molecular weight excluding hydrogens is 217 g/mol. The molecule has 1 saturated heterocycles. The molecule has 0 aromatic heterocycles. The fourth-order valence-electron chi connectivity index (χ4n) is 2.34. The summed E-state index contributed by atoms with van der Waals surface area (Å²) < 4.78 is 18.5. The van der Waals surface area contributed by atoms with Crippen molar-refractivity contribution in [3.63, 3.8) is 0 Å². The van der Waals surface area contributed by atoms with Crippen molar-refractivity contribution in [3.8, 4) is 0 Å². The van der Waals surface area contributed by atoms with E-state index in [1.165, 1.54) is 12.5 Å². The van der Waals surface area contributed by atoms with E-state index < -0.39 is 0 Å². The highest BCUT2D eigenvalue weighted by Gasteiger charge is 2.16. The summed E-state index contributed by atoms with van der Waals surface area (Å²) in [6.45, 7) is 0.893. The first kappa shape index (κ1) is 12.5. The maximum absolute atomic E-state index is 13.0. The van der Waals surface area contributed by atoms with Crippen molar-refractivity contribution in [2.75, 3.05) is 6.61 Å². The van der Waals surface area contributed by atoms with Crippen molar-refractivity contribution in [1.82, 2.24) is 0 Å². The highest BCUT2D eigenvalue weighted by Crippen LogP contribution is 2.18. The van der Waals surface area contributed by atoms with Crippen LogP contribution in [0.2, 0.25) is 0 Å². The van der Waals surface area contributed by atoms with Gasteiger partial charge in [0.2, 0.25) is 0 Å². The van der Waals surface area contributed by atoms with Crippen molar-refractivity contribution in [2.24, 2.45) is 5.73 Å². The van der Waals surface area contributed by atoms with Crippen LogP contribution in [-0.2, 0) is 11.2 Å². The predicted octanol–water partition coefficient (Wildman–Crippen LogP) is 2.65. The third-order valence-electron chi connectivity index (χ3n) is 3.27. The van der Waals surface area contributed by atoms with Crippen LogP contribution in [0.25, 0.3) is 0 Å². The second-order valence-corrected chi connectivity index (χ2v) is 4.81. The van der Waals surface area contributed by atoms with E-state index in [1.54, 1.807) is 12.1 Å². The monoisotopic (exact) mass is 237 g/mol. The maximum Gasteiger partial charge on any atom is 0.123 e. The fraction of sp³-hybridized carbons (Fsp3) is 0.571. The van der Waals surface area contributed by atoms with E-state index in [1.807, 2.05) is 6.07 Å². The highest BCUT2D eigenvalue weighted by molar-refractivity contribution is 5.17. The lowest BCUT2D eigenvalue weighted by Crippen LogP contribution is -2.24. The molecule has 2 N–H and O–H groups in total. The van der Waals surface area contributed by atoms with Gasteiger partial charge in [0, 0.05) is 12.6 Å². The summed E-state index contributed by atoms with van der Waals surface area (Å²) >= 11 is 0. The Morgan fingerprint density at radius 3 is 3.06 bits per heavy atom. The minimum absolute atomic E-state index is 0.0981. The van der Waals surface area contributed by atoms with Crippen molar-refractivity contribution in [2.45, 2.75) is 44.2 Å². The maximum atomic E-state index is 13.0. The van der Waals surface area contributed by atoms with Gasteiger partial charge in [0.25, 0.3) is 0 Å². The van der Waals surface area contributed by atoms with Crippen LogP contribution >= 0.6 is 0 Å². The molecule has 2 atom stereocenters. The van der Waals surface area contributed by atoms with Crippen LogP contribution in [0.5, 0.6) is 0 Å². The van der Waals surface area contributed by atoms with Crippen molar-refractivity contribution >= 4 is 0 Å². The Bertz CT molecular complexity index is 350. The minimum Gasteiger partial charge on any atom is -0.378 e. The first-order valence-electron chi connectivity index (χ1n) is 6.35. The summed E-state index contributed by atoms with van der Waals surface area (Å²) in [4.78, 5) is 0. The molecule has 2 unspecified atom stereocenters. The van der Waals surface area contributed by atoms with Gasteiger partial charge in [-0.2, -0.15) is 0 Å². The highest BCUT2D eigenvalue weighted by atomic mass is 19.1. The topological polar surface area (TPSA) is 35.2 Å². The summed E-state index contributed by atoms with van der Waals surface area (Å²) in [5, 5.41) is 0. The van der Waals surface area contributed by atoms with Gasteiger partial charge in [0.05, 0.1) is 6.10 Å². The molecule has 2 nitrogen and oxygen atoms in total. The summed E-state index contributed by atoms with van der Waals surface area (Å²) in [6.07, 6.45) is 5.44. The van der Waals surface area contributed by atoms with E-state index in [0.717, 1.165) is 37.9 Å². The molecule has 0 amide bonds. The minimum atomic E-state index is -0.186. The molecule has 0 saturated carbocycles. The van der Waals surface area contributed by atoms with Gasteiger partial charge < -0.3 is 10.5 Å². The second kappa shape index (κ2) is 6.12. The zero-order chi connectivity index (χ0) is 12.1. The number of rotatable bonds is 5. The summed E-state index contributed by atoms with van der Waals surface area (Å²) in [7, 11) is 0. The van der Waals surface area contributed by atoms with Gasteiger partial charge in [-0.3, -0.25) is 0 Å². The van der Waals surface area contributed by atoms with E-state index in [2.05, 4.69) is 0 Å². The molecular formula is C14H20FNO. The van der Waals surface area contributed by atoms with Crippen molar-refractivity contribution < 1.29 is 9.13 Å². The molecule has 1 aromatic rings. The summed E-state index contributed by atoms with van der Waals surface area (Å²) in [5.74, 6) is -0.186. The number of hydrogen-bond acceptors (Lipinski definition) is 2. The van der Waals surface area contributed by atoms with Crippen LogP contribution in [0.3, 0.4) is 0 Å². The first-order valence-corrected chi connectivity index (χ1v) is 6.35. The third kappa shape index (κ3) is 4.10. The van der Waals surface area contributed by atoms with Gasteiger partial charge in [-0.1, -0.05) is 12.1 Å². The molecule has 17 heavy (non-hydrogen) atoms. The van der Waals surface area contributed by atoms with Crippen LogP contribution in [0, 0.1) is 5.82 Å².